The molecule has 4 nitrogen and oxygen atoms in total. The fourth-order valence-electron chi connectivity index (χ4n) is 1.74. The molecule has 0 radical (unpaired) electrons. The van der Waals surface area contributed by atoms with Crippen LogP contribution in [0.25, 0.3) is 0 Å². The van der Waals surface area contributed by atoms with E-state index < -0.39 is 0 Å². The van der Waals surface area contributed by atoms with Crippen LogP contribution < -0.4 is 11.3 Å². The van der Waals surface area contributed by atoms with Crippen molar-refractivity contribution in [3.05, 3.63) is 23.9 Å². The van der Waals surface area contributed by atoms with Crippen molar-refractivity contribution in [1.29, 1.82) is 0 Å². The van der Waals surface area contributed by atoms with E-state index in [1.54, 1.807) is 0 Å². The van der Waals surface area contributed by atoms with Crippen LogP contribution in [-0.4, -0.2) is 23.0 Å². The standard InChI is InChI=1S/C13H24N4/c1-4-11(3)9-17(5-2)10-12-6-7-13(16-14)15-8-12/h6-8,11H,4-5,9-10,14H2,1-3H3,(H,15,16). The Balaban J connectivity index is 2.54. The summed E-state index contributed by atoms with van der Waals surface area (Å²) in [6, 6.07) is 3.98. The molecule has 1 rings (SSSR count). The first-order valence-corrected chi connectivity index (χ1v) is 6.33. The van der Waals surface area contributed by atoms with Crippen molar-refractivity contribution in [3.63, 3.8) is 0 Å². The van der Waals surface area contributed by atoms with Crippen molar-refractivity contribution in [2.45, 2.75) is 33.7 Å². The van der Waals surface area contributed by atoms with Crippen molar-refractivity contribution in [1.82, 2.24) is 9.88 Å². The summed E-state index contributed by atoms with van der Waals surface area (Å²) in [7, 11) is 0. The number of hydrogen-bond acceptors (Lipinski definition) is 4. The number of hydrazine groups is 1. The lowest BCUT2D eigenvalue weighted by atomic mass is 10.1. The molecule has 0 saturated heterocycles. The highest BCUT2D eigenvalue weighted by atomic mass is 15.2. The summed E-state index contributed by atoms with van der Waals surface area (Å²) in [6.07, 6.45) is 3.11. The fourth-order valence-corrected chi connectivity index (χ4v) is 1.74. The molecule has 0 amide bonds. The molecule has 4 heteroatoms. The van der Waals surface area contributed by atoms with Gasteiger partial charge in [-0.3, -0.25) is 4.90 Å². The Labute approximate surface area is 104 Å². The quantitative estimate of drug-likeness (QED) is 0.563. The number of anilines is 1. The van der Waals surface area contributed by atoms with Crippen LogP contribution in [0, 0.1) is 5.92 Å². The van der Waals surface area contributed by atoms with Crippen molar-refractivity contribution in [3.8, 4) is 0 Å². The molecule has 1 atom stereocenters. The van der Waals surface area contributed by atoms with Gasteiger partial charge in [0, 0.05) is 19.3 Å². The number of pyridine rings is 1. The molecule has 17 heavy (non-hydrogen) atoms. The smallest absolute Gasteiger partial charge is 0.139 e. The Morgan fingerprint density at radius 2 is 2.18 bits per heavy atom. The van der Waals surface area contributed by atoms with Crippen LogP contribution in [0.4, 0.5) is 5.82 Å². The zero-order valence-electron chi connectivity index (χ0n) is 11.1. The van der Waals surface area contributed by atoms with Gasteiger partial charge in [-0.1, -0.05) is 33.3 Å². The summed E-state index contributed by atoms with van der Waals surface area (Å²) < 4.78 is 0. The van der Waals surface area contributed by atoms with Crippen molar-refractivity contribution < 1.29 is 0 Å². The van der Waals surface area contributed by atoms with Crippen LogP contribution in [0.3, 0.4) is 0 Å². The normalized spacial score (nSPS) is 12.8. The van der Waals surface area contributed by atoms with Crippen molar-refractivity contribution in [2.75, 3.05) is 18.5 Å². The molecule has 0 aromatic carbocycles. The van der Waals surface area contributed by atoms with Gasteiger partial charge in [0.05, 0.1) is 0 Å². The number of hydrogen-bond donors (Lipinski definition) is 2. The highest BCUT2D eigenvalue weighted by Crippen LogP contribution is 2.10. The fraction of sp³-hybridized carbons (Fsp3) is 0.615. The Morgan fingerprint density at radius 3 is 2.65 bits per heavy atom. The molecule has 0 bridgehead atoms. The van der Waals surface area contributed by atoms with Gasteiger partial charge in [-0.25, -0.2) is 10.8 Å². The zero-order valence-corrected chi connectivity index (χ0v) is 11.1. The van der Waals surface area contributed by atoms with E-state index in [4.69, 9.17) is 5.84 Å². The van der Waals surface area contributed by atoms with Crippen LogP contribution in [0.15, 0.2) is 18.3 Å². The van der Waals surface area contributed by atoms with Crippen LogP contribution in [-0.2, 0) is 6.54 Å². The Bertz CT molecular complexity index is 310. The van der Waals surface area contributed by atoms with Crippen LogP contribution in [0.2, 0.25) is 0 Å². The van der Waals surface area contributed by atoms with E-state index in [0.717, 1.165) is 25.6 Å². The van der Waals surface area contributed by atoms with Crippen molar-refractivity contribution in [2.24, 2.45) is 11.8 Å². The third kappa shape index (κ3) is 4.71. The number of nitrogens with zero attached hydrogens (tertiary/aromatic N) is 2. The third-order valence-electron chi connectivity index (χ3n) is 3.09. The minimum atomic E-state index is 0.707. The molecule has 0 aliphatic rings. The molecule has 3 N–H and O–H groups in total. The second kappa shape index (κ2) is 7.25. The largest absolute Gasteiger partial charge is 0.308 e. The van der Waals surface area contributed by atoms with Crippen molar-refractivity contribution >= 4 is 5.82 Å². The van der Waals surface area contributed by atoms with E-state index in [1.807, 2.05) is 12.3 Å². The summed E-state index contributed by atoms with van der Waals surface area (Å²) in [6.45, 7) is 9.90. The molecule has 0 fully saturated rings. The predicted octanol–water partition coefficient (Wildman–Crippen LogP) is 2.24. The maximum absolute atomic E-state index is 5.29. The molecule has 0 spiro atoms. The van der Waals surface area contributed by atoms with Gasteiger partial charge in [0.25, 0.3) is 0 Å². The second-order valence-corrected chi connectivity index (χ2v) is 4.54. The van der Waals surface area contributed by atoms with E-state index in [1.165, 1.54) is 12.0 Å². The minimum absolute atomic E-state index is 0.707. The van der Waals surface area contributed by atoms with Gasteiger partial charge in [0.2, 0.25) is 0 Å². The Morgan fingerprint density at radius 1 is 1.41 bits per heavy atom. The number of aromatic nitrogens is 1. The topological polar surface area (TPSA) is 54.2 Å². The predicted molar refractivity (Wildman–Crippen MR) is 72.5 cm³/mol. The zero-order chi connectivity index (χ0) is 12.7. The summed E-state index contributed by atoms with van der Waals surface area (Å²) >= 11 is 0. The molecule has 1 heterocycles. The molecule has 1 unspecified atom stereocenters. The molecule has 96 valence electrons. The van der Waals surface area contributed by atoms with E-state index in [0.29, 0.717) is 5.82 Å². The van der Waals surface area contributed by atoms with E-state index in [2.05, 4.69) is 42.1 Å². The van der Waals surface area contributed by atoms with Gasteiger partial charge >= 0.3 is 0 Å². The summed E-state index contributed by atoms with van der Waals surface area (Å²) in [5.41, 5.74) is 3.77. The second-order valence-electron chi connectivity index (χ2n) is 4.54. The maximum Gasteiger partial charge on any atom is 0.139 e. The van der Waals surface area contributed by atoms with Gasteiger partial charge in [-0.15, -0.1) is 0 Å². The number of nitrogens with one attached hydrogen (secondary N) is 1. The highest BCUT2D eigenvalue weighted by molar-refractivity contribution is 5.33. The van der Waals surface area contributed by atoms with Gasteiger partial charge in [0.1, 0.15) is 5.82 Å². The first-order chi connectivity index (χ1) is 8.19. The maximum atomic E-state index is 5.29. The summed E-state index contributed by atoms with van der Waals surface area (Å²) in [4.78, 5) is 6.67. The SMILES string of the molecule is CCC(C)CN(CC)Cc1ccc(NN)nc1. The molecule has 1 aromatic heterocycles. The van der Waals surface area contributed by atoms with Crippen LogP contribution in [0.1, 0.15) is 32.8 Å². The lowest BCUT2D eigenvalue weighted by Gasteiger charge is -2.23. The molecule has 0 aliphatic heterocycles. The lowest BCUT2D eigenvalue weighted by Crippen LogP contribution is -2.27. The Hall–Kier alpha value is -1.13. The lowest BCUT2D eigenvalue weighted by molar-refractivity contribution is 0.238. The molecule has 0 saturated carbocycles. The molecule has 1 aromatic rings. The van der Waals surface area contributed by atoms with Gasteiger partial charge in [-0.05, 0) is 24.1 Å². The Kier molecular flexibility index (Phi) is 5.94. The monoisotopic (exact) mass is 236 g/mol. The number of nitrogens with two attached hydrogens (primary N) is 1. The molecular weight excluding hydrogens is 212 g/mol. The average Bonchev–Trinajstić information content (AvgIpc) is 2.38. The first kappa shape index (κ1) is 13.9. The molecular formula is C13H24N4. The molecule has 0 aliphatic carbocycles. The average molecular weight is 236 g/mol. The first-order valence-electron chi connectivity index (χ1n) is 6.33. The van der Waals surface area contributed by atoms with Gasteiger partial charge < -0.3 is 5.43 Å². The van der Waals surface area contributed by atoms with E-state index >= 15 is 0 Å². The van der Waals surface area contributed by atoms with E-state index in [9.17, 15) is 0 Å². The van der Waals surface area contributed by atoms with E-state index in [-0.39, 0.29) is 0 Å². The highest BCUT2D eigenvalue weighted by Gasteiger charge is 2.08. The number of nitrogen functional groups attached to an aromatic ring is 1. The van der Waals surface area contributed by atoms with Crippen LogP contribution >= 0.6 is 0 Å². The van der Waals surface area contributed by atoms with Crippen LogP contribution in [0.5, 0.6) is 0 Å². The summed E-state index contributed by atoms with van der Waals surface area (Å²) in [5.74, 6) is 6.74. The minimum Gasteiger partial charge on any atom is -0.308 e. The third-order valence-corrected chi connectivity index (χ3v) is 3.09. The van der Waals surface area contributed by atoms with Gasteiger partial charge in [-0.2, -0.15) is 0 Å². The summed E-state index contributed by atoms with van der Waals surface area (Å²) in [5, 5.41) is 0. The van der Waals surface area contributed by atoms with Gasteiger partial charge in [0.15, 0.2) is 0 Å². The number of rotatable bonds is 7.